The van der Waals surface area contributed by atoms with Gasteiger partial charge < -0.3 is 10.6 Å². The molecule has 0 spiro atoms. The van der Waals surface area contributed by atoms with Crippen LogP contribution in [0.2, 0.25) is 0 Å². The van der Waals surface area contributed by atoms with Crippen molar-refractivity contribution in [2.24, 2.45) is 10.7 Å². The molecule has 1 unspecified atom stereocenters. The van der Waals surface area contributed by atoms with Crippen LogP contribution in [0.3, 0.4) is 0 Å². The first-order valence-electron chi connectivity index (χ1n) is 6.88. The number of para-hydroxylation sites is 1. The van der Waals surface area contributed by atoms with E-state index in [-0.39, 0.29) is 6.04 Å². The van der Waals surface area contributed by atoms with E-state index < -0.39 is 0 Å². The number of hydrogen-bond acceptors (Lipinski definition) is 3. The molecule has 1 aliphatic rings. The SMILES string of the molecule is Cc1ccc(C2CN=C(N)N2c2ccccc2)cc1C. The highest BCUT2D eigenvalue weighted by Gasteiger charge is 2.28. The van der Waals surface area contributed by atoms with Gasteiger partial charge in [-0.3, -0.25) is 4.99 Å². The molecule has 2 aromatic rings. The van der Waals surface area contributed by atoms with Gasteiger partial charge in [0.25, 0.3) is 0 Å². The van der Waals surface area contributed by atoms with Crippen molar-refractivity contribution >= 4 is 11.6 Å². The smallest absolute Gasteiger partial charge is 0.196 e. The molecule has 3 heteroatoms. The van der Waals surface area contributed by atoms with E-state index in [4.69, 9.17) is 5.73 Å². The first-order valence-corrected chi connectivity index (χ1v) is 6.88. The predicted octanol–water partition coefficient (Wildman–Crippen LogP) is 3.18. The highest BCUT2D eigenvalue weighted by Crippen LogP contribution is 2.31. The topological polar surface area (TPSA) is 41.6 Å². The van der Waals surface area contributed by atoms with E-state index in [2.05, 4.69) is 54.1 Å². The Labute approximate surface area is 119 Å². The molecule has 1 atom stereocenters. The lowest BCUT2D eigenvalue weighted by Crippen LogP contribution is -2.36. The Morgan fingerprint density at radius 3 is 2.50 bits per heavy atom. The zero-order valence-electron chi connectivity index (χ0n) is 11.9. The first-order chi connectivity index (χ1) is 9.66. The Hall–Kier alpha value is -2.29. The van der Waals surface area contributed by atoms with E-state index in [1.807, 2.05) is 18.2 Å². The van der Waals surface area contributed by atoms with Crippen LogP contribution in [-0.2, 0) is 0 Å². The van der Waals surface area contributed by atoms with E-state index in [1.165, 1.54) is 16.7 Å². The molecule has 0 saturated carbocycles. The summed E-state index contributed by atoms with van der Waals surface area (Å²) in [4.78, 5) is 6.54. The van der Waals surface area contributed by atoms with Crippen molar-refractivity contribution in [3.05, 3.63) is 65.2 Å². The molecule has 3 rings (SSSR count). The summed E-state index contributed by atoms with van der Waals surface area (Å²) in [6.07, 6.45) is 0. The summed E-state index contributed by atoms with van der Waals surface area (Å²) >= 11 is 0. The van der Waals surface area contributed by atoms with Crippen molar-refractivity contribution in [1.29, 1.82) is 0 Å². The molecule has 0 aromatic heterocycles. The lowest BCUT2D eigenvalue weighted by Gasteiger charge is -2.27. The molecule has 0 fully saturated rings. The van der Waals surface area contributed by atoms with Crippen molar-refractivity contribution in [2.75, 3.05) is 11.4 Å². The molecule has 0 bridgehead atoms. The summed E-state index contributed by atoms with van der Waals surface area (Å²) < 4.78 is 0. The second kappa shape index (κ2) is 5.00. The van der Waals surface area contributed by atoms with E-state index >= 15 is 0 Å². The molecule has 2 aromatic carbocycles. The molecule has 0 amide bonds. The lowest BCUT2D eigenvalue weighted by atomic mass is 10.00. The molecule has 20 heavy (non-hydrogen) atoms. The minimum atomic E-state index is 0.191. The minimum absolute atomic E-state index is 0.191. The van der Waals surface area contributed by atoms with E-state index in [0.29, 0.717) is 12.5 Å². The van der Waals surface area contributed by atoms with E-state index in [9.17, 15) is 0 Å². The third-order valence-corrected chi connectivity index (χ3v) is 3.93. The summed E-state index contributed by atoms with van der Waals surface area (Å²) in [6, 6.07) is 17.0. The average molecular weight is 265 g/mol. The van der Waals surface area contributed by atoms with Gasteiger partial charge in [-0.2, -0.15) is 0 Å². The van der Waals surface area contributed by atoms with Crippen LogP contribution in [-0.4, -0.2) is 12.5 Å². The van der Waals surface area contributed by atoms with Crippen LogP contribution in [0.5, 0.6) is 0 Å². The fourth-order valence-corrected chi connectivity index (χ4v) is 2.62. The number of rotatable bonds is 2. The minimum Gasteiger partial charge on any atom is -0.369 e. The zero-order valence-corrected chi connectivity index (χ0v) is 11.9. The van der Waals surface area contributed by atoms with Crippen LogP contribution >= 0.6 is 0 Å². The molecule has 102 valence electrons. The summed E-state index contributed by atoms with van der Waals surface area (Å²) in [5.41, 5.74) is 11.1. The number of nitrogens with two attached hydrogens (primary N) is 1. The summed E-state index contributed by atoms with van der Waals surface area (Å²) in [7, 11) is 0. The van der Waals surface area contributed by atoms with Crippen LogP contribution in [0.15, 0.2) is 53.5 Å². The quantitative estimate of drug-likeness (QED) is 0.906. The lowest BCUT2D eigenvalue weighted by molar-refractivity contribution is 0.767. The van der Waals surface area contributed by atoms with Crippen molar-refractivity contribution in [3.8, 4) is 0 Å². The maximum atomic E-state index is 6.08. The summed E-state index contributed by atoms with van der Waals surface area (Å²) in [5.74, 6) is 0.597. The fourth-order valence-electron chi connectivity index (χ4n) is 2.62. The molecule has 1 heterocycles. The van der Waals surface area contributed by atoms with Crippen LogP contribution in [0, 0.1) is 13.8 Å². The molecular formula is C17H19N3. The van der Waals surface area contributed by atoms with Gasteiger partial charge in [0.05, 0.1) is 12.6 Å². The predicted molar refractivity (Wildman–Crippen MR) is 84.1 cm³/mol. The summed E-state index contributed by atoms with van der Waals surface area (Å²) in [6.45, 7) is 4.99. The van der Waals surface area contributed by atoms with Crippen LogP contribution < -0.4 is 10.6 Å². The second-order valence-corrected chi connectivity index (χ2v) is 5.26. The van der Waals surface area contributed by atoms with Crippen LogP contribution in [0.4, 0.5) is 5.69 Å². The standard InChI is InChI=1S/C17H19N3/c1-12-8-9-14(10-13(12)2)16-11-19-17(18)20(16)15-6-4-3-5-7-15/h3-10,16H,11H2,1-2H3,(H2,18,19). The van der Waals surface area contributed by atoms with Crippen molar-refractivity contribution in [2.45, 2.75) is 19.9 Å². The number of guanidine groups is 1. The molecule has 2 N–H and O–H groups in total. The summed E-state index contributed by atoms with van der Waals surface area (Å²) in [5, 5.41) is 0. The molecule has 0 radical (unpaired) electrons. The number of hydrogen-bond donors (Lipinski definition) is 1. The van der Waals surface area contributed by atoms with E-state index in [1.54, 1.807) is 0 Å². The van der Waals surface area contributed by atoms with Gasteiger partial charge in [0.2, 0.25) is 0 Å². The molecule has 1 aliphatic heterocycles. The number of anilines is 1. The maximum Gasteiger partial charge on any atom is 0.196 e. The third-order valence-electron chi connectivity index (χ3n) is 3.93. The number of nitrogens with zero attached hydrogens (tertiary/aromatic N) is 2. The highest BCUT2D eigenvalue weighted by molar-refractivity contribution is 5.97. The second-order valence-electron chi connectivity index (χ2n) is 5.26. The average Bonchev–Trinajstić information content (AvgIpc) is 2.85. The van der Waals surface area contributed by atoms with Gasteiger partial charge in [-0.1, -0.05) is 36.4 Å². The van der Waals surface area contributed by atoms with Crippen molar-refractivity contribution in [3.63, 3.8) is 0 Å². The number of aliphatic imine (C=N–C) groups is 1. The molecular weight excluding hydrogens is 246 g/mol. The number of aryl methyl sites for hydroxylation is 2. The normalized spacial score (nSPS) is 18.2. The molecule has 0 aliphatic carbocycles. The third kappa shape index (κ3) is 2.16. The Morgan fingerprint density at radius 2 is 1.80 bits per heavy atom. The Balaban J connectivity index is 1.99. The van der Waals surface area contributed by atoms with Gasteiger partial charge in [0.1, 0.15) is 0 Å². The maximum absolute atomic E-state index is 6.08. The van der Waals surface area contributed by atoms with Gasteiger partial charge in [-0.05, 0) is 42.7 Å². The first kappa shape index (κ1) is 12.7. The van der Waals surface area contributed by atoms with Crippen LogP contribution in [0.1, 0.15) is 22.7 Å². The zero-order chi connectivity index (χ0) is 14.1. The fraction of sp³-hybridized carbons (Fsp3) is 0.235. The Bertz CT molecular complexity index is 647. The van der Waals surface area contributed by atoms with Gasteiger partial charge in [0.15, 0.2) is 5.96 Å². The van der Waals surface area contributed by atoms with Gasteiger partial charge >= 0.3 is 0 Å². The Kier molecular flexibility index (Phi) is 3.18. The van der Waals surface area contributed by atoms with Crippen molar-refractivity contribution < 1.29 is 0 Å². The number of benzene rings is 2. The van der Waals surface area contributed by atoms with E-state index in [0.717, 1.165) is 5.69 Å². The van der Waals surface area contributed by atoms with Crippen LogP contribution in [0.25, 0.3) is 0 Å². The largest absolute Gasteiger partial charge is 0.369 e. The van der Waals surface area contributed by atoms with Gasteiger partial charge in [-0.15, -0.1) is 0 Å². The van der Waals surface area contributed by atoms with Crippen molar-refractivity contribution in [1.82, 2.24) is 0 Å². The highest BCUT2D eigenvalue weighted by atomic mass is 15.3. The van der Waals surface area contributed by atoms with Gasteiger partial charge in [0, 0.05) is 5.69 Å². The molecule has 0 saturated heterocycles. The monoisotopic (exact) mass is 265 g/mol. The molecule has 3 nitrogen and oxygen atoms in total. The van der Waals surface area contributed by atoms with Gasteiger partial charge in [-0.25, -0.2) is 0 Å². The Morgan fingerprint density at radius 1 is 1.05 bits per heavy atom.